The summed E-state index contributed by atoms with van der Waals surface area (Å²) in [6.45, 7) is 4.63. The molecule has 0 heterocycles. The molecule has 2 aromatic rings. The van der Waals surface area contributed by atoms with Crippen LogP contribution >= 0.6 is 24.0 Å². The molecule has 0 radical (unpaired) electrons. The number of nitrogens with zero attached hydrogens (tertiary/aromatic N) is 1. The van der Waals surface area contributed by atoms with E-state index in [9.17, 15) is 8.42 Å². The normalized spacial score (nSPS) is 12.6. The lowest BCUT2D eigenvalue weighted by Gasteiger charge is -2.17. The van der Waals surface area contributed by atoms with Crippen LogP contribution in [0.25, 0.3) is 0 Å². The highest BCUT2D eigenvalue weighted by molar-refractivity contribution is 14.0. The second kappa shape index (κ2) is 15.2. The van der Waals surface area contributed by atoms with Crippen LogP contribution in [0.1, 0.15) is 24.0 Å². The Morgan fingerprint density at radius 2 is 1.65 bits per heavy atom. The Balaban J connectivity index is 0.00000480. The Kier molecular flexibility index (Phi) is 13.4. The largest absolute Gasteiger partial charge is 0.379 e. The predicted molar refractivity (Wildman–Crippen MR) is 139 cm³/mol. The minimum atomic E-state index is -2.99. The van der Waals surface area contributed by atoms with Crippen molar-refractivity contribution >= 4 is 39.8 Å². The lowest BCUT2D eigenvalue weighted by atomic mass is 9.92. The molecule has 31 heavy (non-hydrogen) atoms. The minimum Gasteiger partial charge on any atom is -0.379 e. The molecule has 0 amide bonds. The van der Waals surface area contributed by atoms with Crippen molar-refractivity contribution in [3.8, 4) is 0 Å². The molecule has 0 aromatic heterocycles. The molecule has 2 N–H and O–H groups in total. The summed E-state index contributed by atoms with van der Waals surface area (Å²) in [5.74, 6) is 1.05. The van der Waals surface area contributed by atoms with Gasteiger partial charge in [-0.05, 0) is 24.5 Å². The van der Waals surface area contributed by atoms with Gasteiger partial charge >= 0.3 is 0 Å². The van der Waals surface area contributed by atoms with Crippen LogP contribution in [0.4, 0.5) is 0 Å². The molecule has 2 aromatic carbocycles. The molecule has 8 heteroatoms. The fourth-order valence-electron chi connectivity index (χ4n) is 3.01. The van der Waals surface area contributed by atoms with Gasteiger partial charge in [0.2, 0.25) is 0 Å². The highest BCUT2D eigenvalue weighted by atomic mass is 127. The first-order chi connectivity index (χ1) is 14.5. The van der Waals surface area contributed by atoms with E-state index in [1.54, 1.807) is 0 Å². The van der Waals surface area contributed by atoms with Gasteiger partial charge in [0.1, 0.15) is 9.84 Å². The van der Waals surface area contributed by atoms with E-state index in [4.69, 9.17) is 9.73 Å². The molecule has 1 atom stereocenters. The van der Waals surface area contributed by atoms with Gasteiger partial charge in [-0.1, -0.05) is 60.7 Å². The maximum Gasteiger partial charge on any atom is 0.191 e. The van der Waals surface area contributed by atoms with Crippen LogP contribution in [0.5, 0.6) is 0 Å². The Hall–Kier alpha value is -1.65. The first-order valence-corrected chi connectivity index (χ1v) is 12.4. The molecule has 2 rings (SSSR count). The Labute approximate surface area is 203 Å². The molecular formula is C23H34IN3O3S. The lowest BCUT2D eigenvalue weighted by molar-refractivity contribution is 0.154. The van der Waals surface area contributed by atoms with Gasteiger partial charge in [-0.2, -0.15) is 0 Å². The molecular weight excluding hydrogens is 525 g/mol. The Bertz CT molecular complexity index is 862. The second-order valence-electron chi connectivity index (χ2n) is 7.19. The maximum absolute atomic E-state index is 11.1. The van der Waals surface area contributed by atoms with Gasteiger partial charge < -0.3 is 15.4 Å². The fourth-order valence-corrected chi connectivity index (χ4v) is 3.43. The van der Waals surface area contributed by atoms with Crippen LogP contribution in [0.15, 0.2) is 65.7 Å². The van der Waals surface area contributed by atoms with Gasteiger partial charge in [-0.3, -0.25) is 4.99 Å². The van der Waals surface area contributed by atoms with E-state index in [1.165, 1.54) is 17.4 Å². The molecule has 6 nitrogen and oxygen atoms in total. The molecule has 0 saturated heterocycles. The number of guanidine groups is 1. The SMILES string of the molecule is CCNC(=NCC(Cc1ccccc1)c1ccccc1)NCCOCCS(C)(=O)=O.I. The van der Waals surface area contributed by atoms with Crippen molar-refractivity contribution < 1.29 is 13.2 Å². The van der Waals surface area contributed by atoms with Crippen LogP contribution in [-0.4, -0.2) is 59.2 Å². The number of aliphatic imine (C=N–C) groups is 1. The van der Waals surface area contributed by atoms with E-state index in [-0.39, 0.29) is 42.3 Å². The van der Waals surface area contributed by atoms with Crippen LogP contribution in [0, 0.1) is 0 Å². The van der Waals surface area contributed by atoms with Crippen molar-refractivity contribution in [1.82, 2.24) is 10.6 Å². The number of halogens is 1. The summed E-state index contributed by atoms with van der Waals surface area (Å²) in [5, 5.41) is 6.51. The highest BCUT2D eigenvalue weighted by Gasteiger charge is 2.12. The second-order valence-corrected chi connectivity index (χ2v) is 9.45. The molecule has 1 unspecified atom stereocenters. The van der Waals surface area contributed by atoms with E-state index >= 15 is 0 Å². The smallest absolute Gasteiger partial charge is 0.191 e. The number of ether oxygens (including phenoxy) is 1. The van der Waals surface area contributed by atoms with Crippen molar-refractivity contribution in [3.05, 3.63) is 71.8 Å². The van der Waals surface area contributed by atoms with Gasteiger partial charge in [-0.15, -0.1) is 24.0 Å². The number of rotatable bonds is 12. The first kappa shape index (κ1) is 27.4. The van der Waals surface area contributed by atoms with Crippen molar-refractivity contribution in [3.63, 3.8) is 0 Å². The molecule has 0 bridgehead atoms. The van der Waals surface area contributed by atoms with Gasteiger partial charge in [0.25, 0.3) is 0 Å². The third-order valence-electron chi connectivity index (χ3n) is 4.55. The van der Waals surface area contributed by atoms with Crippen molar-refractivity contribution in [2.75, 3.05) is 44.9 Å². The molecule has 172 valence electrons. The first-order valence-electron chi connectivity index (χ1n) is 10.3. The Morgan fingerprint density at radius 1 is 1.00 bits per heavy atom. The quantitative estimate of drug-likeness (QED) is 0.181. The number of hydrogen-bond donors (Lipinski definition) is 2. The summed E-state index contributed by atoms with van der Waals surface area (Å²) in [4.78, 5) is 4.79. The topological polar surface area (TPSA) is 79.8 Å². The van der Waals surface area contributed by atoms with Crippen LogP contribution < -0.4 is 10.6 Å². The summed E-state index contributed by atoms with van der Waals surface area (Å²) in [7, 11) is -2.99. The summed E-state index contributed by atoms with van der Waals surface area (Å²) in [5.41, 5.74) is 2.56. The van der Waals surface area contributed by atoms with Crippen molar-refractivity contribution in [1.29, 1.82) is 0 Å². The molecule has 0 aliphatic rings. The van der Waals surface area contributed by atoms with Gasteiger partial charge in [0, 0.05) is 31.8 Å². The third kappa shape index (κ3) is 12.1. The van der Waals surface area contributed by atoms with E-state index in [2.05, 4.69) is 59.2 Å². The fraction of sp³-hybridized carbons (Fsp3) is 0.435. The van der Waals surface area contributed by atoms with E-state index in [0.29, 0.717) is 19.7 Å². The summed E-state index contributed by atoms with van der Waals surface area (Å²) >= 11 is 0. The summed E-state index contributed by atoms with van der Waals surface area (Å²) in [6, 6.07) is 20.9. The average Bonchev–Trinajstić information content (AvgIpc) is 2.74. The number of hydrogen-bond acceptors (Lipinski definition) is 4. The van der Waals surface area contributed by atoms with E-state index in [1.807, 2.05) is 19.1 Å². The zero-order chi connectivity index (χ0) is 21.7. The number of benzene rings is 2. The minimum absolute atomic E-state index is 0. The maximum atomic E-state index is 11.1. The Morgan fingerprint density at radius 3 is 2.26 bits per heavy atom. The zero-order valence-electron chi connectivity index (χ0n) is 18.3. The van der Waals surface area contributed by atoms with Crippen molar-refractivity contribution in [2.45, 2.75) is 19.3 Å². The van der Waals surface area contributed by atoms with Gasteiger partial charge in [-0.25, -0.2) is 8.42 Å². The van der Waals surface area contributed by atoms with E-state index in [0.717, 1.165) is 18.9 Å². The van der Waals surface area contributed by atoms with Crippen LogP contribution in [0.2, 0.25) is 0 Å². The molecule has 0 aliphatic heterocycles. The lowest BCUT2D eigenvalue weighted by Crippen LogP contribution is -2.39. The molecule has 0 fully saturated rings. The molecule has 0 saturated carbocycles. The summed E-state index contributed by atoms with van der Waals surface area (Å²) < 4.78 is 27.6. The molecule has 0 spiro atoms. The van der Waals surface area contributed by atoms with Crippen molar-refractivity contribution in [2.24, 2.45) is 4.99 Å². The third-order valence-corrected chi connectivity index (χ3v) is 5.46. The van der Waals surface area contributed by atoms with Crippen LogP contribution in [0.3, 0.4) is 0 Å². The summed E-state index contributed by atoms with van der Waals surface area (Å²) in [6.07, 6.45) is 2.13. The standard InChI is InChI=1S/C23H33N3O3S.HI/c1-3-24-23(25-14-15-29-16-17-30(2,27)28)26-19-22(21-12-8-5-9-13-21)18-20-10-6-4-7-11-20;/h4-13,22H,3,14-19H2,1-2H3,(H2,24,25,26);1H. The number of sulfone groups is 1. The zero-order valence-corrected chi connectivity index (χ0v) is 21.4. The number of nitrogens with one attached hydrogen (secondary N) is 2. The predicted octanol–water partition coefficient (Wildman–Crippen LogP) is 3.25. The van der Waals surface area contributed by atoms with E-state index < -0.39 is 9.84 Å². The monoisotopic (exact) mass is 559 g/mol. The van der Waals surface area contributed by atoms with Gasteiger partial charge in [0.05, 0.1) is 19.0 Å². The highest BCUT2D eigenvalue weighted by Crippen LogP contribution is 2.21. The average molecular weight is 560 g/mol. The molecule has 0 aliphatic carbocycles. The van der Waals surface area contributed by atoms with Crippen LogP contribution in [-0.2, 0) is 21.0 Å². The van der Waals surface area contributed by atoms with Gasteiger partial charge in [0.15, 0.2) is 5.96 Å².